The zero-order valence-electron chi connectivity index (χ0n) is 16.1. The first-order valence-corrected chi connectivity index (χ1v) is 10.9. The maximum atomic E-state index is 12.2. The van der Waals surface area contributed by atoms with Crippen LogP contribution >= 0.6 is 0 Å². The molecule has 0 radical (unpaired) electrons. The molecule has 1 fully saturated rings. The summed E-state index contributed by atoms with van der Waals surface area (Å²) < 4.78 is 25.5. The van der Waals surface area contributed by atoms with E-state index in [4.69, 9.17) is 0 Å². The van der Waals surface area contributed by atoms with Crippen LogP contribution in [0.5, 0.6) is 0 Å². The van der Waals surface area contributed by atoms with Gasteiger partial charge in [0.2, 0.25) is 15.9 Å². The van der Waals surface area contributed by atoms with Crippen molar-refractivity contribution in [1.29, 1.82) is 0 Å². The van der Waals surface area contributed by atoms with Gasteiger partial charge in [-0.3, -0.25) is 9.10 Å². The summed E-state index contributed by atoms with van der Waals surface area (Å²) in [4.78, 5) is 16.7. The molecule has 1 amide bonds. The Hall–Kier alpha value is -1.80. The second-order valence-corrected chi connectivity index (χ2v) is 8.86. The molecule has 8 heteroatoms. The molecular weight excluding hydrogens is 352 g/mol. The van der Waals surface area contributed by atoms with Crippen LogP contribution in [-0.4, -0.2) is 71.3 Å². The summed E-state index contributed by atoms with van der Waals surface area (Å²) in [5, 5.41) is 2.81. The first kappa shape index (κ1) is 20.5. The Morgan fingerprint density at radius 2 is 1.77 bits per heavy atom. The number of amides is 1. The number of sulfonamides is 1. The fraction of sp³-hybridized carbons (Fsp3) is 0.611. The van der Waals surface area contributed by atoms with Gasteiger partial charge in [-0.2, -0.15) is 0 Å². The van der Waals surface area contributed by atoms with Crippen LogP contribution in [0.25, 0.3) is 0 Å². The highest BCUT2D eigenvalue weighted by molar-refractivity contribution is 7.92. The third-order valence-electron chi connectivity index (χ3n) is 4.71. The molecule has 0 aromatic heterocycles. The number of nitrogens with zero attached hydrogens (tertiary/aromatic N) is 3. The van der Waals surface area contributed by atoms with Gasteiger partial charge in [-0.1, -0.05) is 6.92 Å². The van der Waals surface area contributed by atoms with Gasteiger partial charge >= 0.3 is 0 Å². The first-order valence-electron chi connectivity index (χ1n) is 9.01. The molecule has 26 heavy (non-hydrogen) atoms. The van der Waals surface area contributed by atoms with Crippen molar-refractivity contribution in [3.63, 3.8) is 0 Å². The lowest BCUT2D eigenvalue weighted by Gasteiger charge is -2.34. The van der Waals surface area contributed by atoms with Crippen molar-refractivity contribution in [3.8, 4) is 0 Å². The number of rotatable bonds is 7. The molecule has 0 saturated carbocycles. The summed E-state index contributed by atoms with van der Waals surface area (Å²) >= 11 is 0. The number of benzene rings is 1. The van der Waals surface area contributed by atoms with Gasteiger partial charge < -0.3 is 15.1 Å². The molecule has 1 aromatic rings. The molecule has 0 bridgehead atoms. The second-order valence-electron chi connectivity index (χ2n) is 6.95. The minimum Gasteiger partial charge on any atom is -0.369 e. The van der Waals surface area contributed by atoms with Crippen molar-refractivity contribution < 1.29 is 13.2 Å². The van der Waals surface area contributed by atoms with Gasteiger partial charge in [0.1, 0.15) is 6.54 Å². The number of carbonyl (C=O) groups excluding carboxylic acids is 1. The summed E-state index contributed by atoms with van der Waals surface area (Å²) in [5.74, 6) is -0.298. The standard InChI is InChI=1S/C18H30N4O3S/c1-5-15(2)19-18(23)14-22(26(4,24)25)17-8-6-16(7-9-17)21-12-10-20(3)11-13-21/h6-9,15H,5,10-14H2,1-4H3,(H,19,23). The topological polar surface area (TPSA) is 73.0 Å². The fourth-order valence-electron chi connectivity index (χ4n) is 2.85. The van der Waals surface area contributed by atoms with Gasteiger partial charge in [0, 0.05) is 37.9 Å². The molecule has 1 unspecified atom stereocenters. The van der Waals surface area contributed by atoms with Gasteiger partial charge in [-0.05, 0) is 44.7 Å². The Morgan fingerprint density at radius 3 is 2.27 bits per heavy atom. The number of anilines is 2. The van der Waals surface area contributed by atoms with E-state index in [0.29, 0.717) is 5.69 Å². The molecule has 1 saturated heterocycles. The highest BCUT2D eigenvalue weighted by atomic mass is 32.2. The summed E-state index contributed by atoms with van der Waals surface area (Å²) in [6.07, 6.45) is 1.92. The maximum absolute atomic E-state index is 12.2. The normalized spacial score (nSPS) is 17.0. The lowest BCUT2D eigenvalue weighted by molar-refractivity contribution is -0.120. The smallest absolute Gasteiger partial charge is 0.240 e. The monoisotopic (exact) mass is 382 g/mol. The number of hydrogen-bond donors (Lipinski definition) is 1. The summed E-state index contributed by atoms with van der Waals surface area (Å²) in [5.41, 5.74) is 1.57. The highest BCUT2D eigenvalue weighted by Crippen LogP contribution is 2.23. The van der Waals surface area contributed by atoms with E-state index < -0.39 is 10.0 Å². The third kappa shape index (κ3) is 5.60. The Balaban J connectivity index is 2.12. The van der Waals surface area contributed by atoms with Gasteiger partial charge in [-0.15, -0.1) is 0 Å². The average molecular weight is 383 g/mol. The van der Waals surface area contributed by atoms with Crippen LogP contribution < -0.4 is 14.5 Å². The molecule has 1 heterocycles. The predicted octanol–water partition coefficient (Wildman–Crippen LogP) is 1.12. The molecule has 1 aliphatic heterocycles. The van der Waals surface area contributed by atoms with Gasteiger partial charge in [0.25, 0.3) is 0 Å². The molecule has 2 rings (SSSR count). The summed E-state index contributed by atoms with van der Waals surface area (Å²) in [7, 11) is -1.44. The van der Waals surface area contributed by atoms with E-state index in [2.05, 4.69) is 22.2 Å². The van der Waals surface area contributed by atoms with E-state index in [1.807, 2.05) is 26.0 Å². The number of piperazine rings is 1. The lowest BCUT2D eigenvalue weighted by atomic mass is 10.2. The Bertz CT molecular complexity index is 698. The Morgan fingerprint density at radius 1 is 1.19 bits per heavy atom. The Kier molecular flexibility index (Phi) is 6.88. The second kappa shape index (κ2) is 8.73. The molecule has 0 spiro atoms. The van der Waals surface area contributed by atoms with Crippen molar-refractivity contribution in [2.45, 2.75) is 26.3 Å². The van der Waals surface area contributed by atoms with Crippen LogP contribution in [0.4, 0.5) is 11.4 Å². The first-order chi connectivity index (χ1) is 12.2. The number of hydrogen-bond acceptors (Lipinski definition) is 5. The fourth-order valence-corrected chi connectivity index (χ4v) is 3.70. The van der Waals surface area contributed by atoms with Crippen molar-refractivity contribution in [3.05, 3.63) is 24.3 Å². The van der Waals surface area contributed by atoms with E-state index >= 15 is 0 Å². The number of carbonyl (C=O) groups is 1. The van der Waals surface area contributed by atoms with Crippen molar-refractivity contribution >= 4 is 27.3 Å². The van der Waals surface area contributed by atoms with Crippen molar-refractivity contribution in [2.75, 3.05) is 55.2 Å². The number of likely N-dealkylation sites (N-methyl/N-ethyl adjacent to an activating group) is 1. The molecule has 7 nitrogen and oxygen atoms in total. The van der Waals surface area contributed by atoms with Gasteiger partial charge in [-0.25, -0.2) is 8.42 Å². The van der Waals surface area contributed by atoms with Crippen LogP contribution in [0.3, 0.4) is 0 Å². The zero-order valence-corrected chi connectivity index (χ0v) is 16.9. The zero-order chi connectivity index (χ0) is 19.3. The quantitative estimate of drug-likeness (QED) is 0.765. The highest BCUT2D eigenvalue weighted by Gasteiger charge is 2.22. The SMILES string of the molecule is CCC(C)NC(=O)CN(c1ccc(N2CCN(C)CC2)cc1)S(C)(=O)=O. The van der Waals surface area contributed by atoms with E-state index in [9.17, 15) is 13.2 Å². The van der Waals surface area contributed by atoms with Crippen LogP contribution in [0, 0.1) is 0 Å². The van der Waals surface area contributed by atoms with Gasteiger partial charge in [0.05, 0.1) is 11.9 Å². The molecule has 1 aliphatic rings. The van der Waals surface area contributed by atoms with E-state index in [1.165, 1.54) is 0 Å². The van der Waals surface area contributed by atoms with Crippen LogP contribution in [0.1, 0.15) is 20.3 Å². The van der Waals surface area contributed by atoms with Crippen LogP contribution in [-0.2, 0) is 14.8 Å². The molecular formula is C18H30N4O3S. The third-order valence-corrected chi connectivity index (χ3v) is 5.85. The molecule has 1 aromatic carbocycles. The van der Waals surface area contributed by atoms with E-state index in [-0.39, 0.29) is 18.5 Å². The maximum Gasteiger partial charge on any atom is 0.240 e. The minimum absolute atomic E-state index is 0.0171. The van der Waals surface area contributed by atoms with Crippen LogP contribution in [0.15, 0.2) is 24.3 Å². The molecule has 1 N–H and O–H groups in total. The lowest BCUT2D eigenvalue weighted by Crippen LogP contribution is -2.44. The van der Waals surface area contributed by atoms with E-state index in [1.54, 1.807) is 12.1 Å². The van der Waals surface area contributed by atoms with E-state index in [0.717, 1.165) is 48.8 Å². The van der Waals surface area contributed by atoms with Crippen LogP contribution in [0.2, 0.25) is 0 Å². The number of nitrogens with one attached hydrogen (secondary N) is 1. The van der Waals surface area contributed by atoms with Crippen molar-refractivity contribution in [1.82, 2.24) is 10.2 Å². The van der Waals surface area contributed by atoms with Gasteiger partial charge in [0.15, 0.2) is 0 Å². The molecule has 1 atom stereocenters. The van der Waals surface area contributed by atoms with Crippen molar-refractivity contribution in [2.24, 2.45) is 0 Å². The largest absolute Gasteiger partial charge is 0.369 e. The Labute approximate surface area is 157 Å². The molecule has 146 valence electrons. The summed E-state index contributed by atoms with van der Waals surface area (Å²) in [6.45, 7) is 7.56. The summed E-state index contributed by atoms with van der Waals surface area (Å²) in [6, 6.07) is 7.40. The predicted molar refractivity (Wildman–Crippen MR) is 106 cm³/mol. The average Bonchev–Trinajstić information content (AvgIpc) is 2.59. The molecule has 0 aliphatic carbocycles. The minimum atomic E-state index is -3.55.